The molecule has 0 spiro atoms. The highest BCUT2D eigenvalue weighted by atomic mass is 35.5. The van der Waals surface area contributed by atoms with Gasteiger partial charge in [0, 0.05) is 23.0 Å². The molecule has 5 aromatic rings. The number of pyridine rings is 1. The molecule has 0 atom stereocenters. The molecule has 0 saturated heterocycles. The molecule has 0 aliphatic carbocycles. The van der Waals surface area contributed by atoms with Gasteiger partial charge < -0.3 is 0 Å². The maximum Gasteiger partial charge on any atom is 0.260 e. The first-order chi connectivity index (χ1) is 15.1. The molecule has 4 nitrogen and oxygen atoms in total. The number of halogens is 1. The smallest absolute Gasteiger partial charge is 0.260 e. The lowest BCUT2D eigenvalue weighted by atomic mass is 10.1. The first-order valence-electron chi connectivity index (χ1n) is 9.85. The third kappa shape index (κ3) is 3.90. The number of carbonyl (C=O) groups is 1. The molecule has 0 N–H and O–H groups in total. The van der Waals surface area contributed by atoms with Gasteiger partial charge in [-0.2, -0.15) is 0 Å². The Kier molecular flexibility index (Phi) is 5.14. The molecule has 6 heteroatoms. The minimum atomic E-state index is -0.0996. The van der Waals surface area contributed by atoms with E-state index in [4.69, 9.17) is 16.6 Å². The van der Waals surface area contributed by atoms with Crippen molar-refractivity contribution in [3.05, 3.63) is 101 Å². The number of hydrogen-bond acceptors (Lipinski definition) is 4. The predicted molar refractivity (Wildman–Crippen MR) is 128 cm³/mol. The van der Waals surface area contributed by atoms with Crippen LogP contribution >= 0.6 is 22.9 Å². The Balaban J connectivity index is 1.61. The van der Waals surface area contributed by atoms with Crippen LogP contribution < -0.4 is 4.90 Å². The van der Waals surface area contributed by atoms with Crippen molar-refractivity contribution in [2.24, 2.45) is 0 Å². The number of nitrogens with zero attached hydrogens (tertiary/aromatic N) is 3. The summed E-state index contributed by atoms with van der Waals surface area (Å²) >= 11 is 7.72. The second-order valence-corrected chi connectivity index (χ2v) is 8.83. The van der Waals surface area contributed by atoms with Crippen LogP contribution in [0.2, 0.25) is 5.02 Å². The molecular formula is C25H18ClN3OS. The summed E-state index contributed by atoms with van der Waals surface area (Å²) in [5.74, 6) is -0.0996. The lowest BCUT2D eigenvalue weighted by Gasteiger charge is -2.20. The molecule has 152 valence electrons. The van der Waals surface area contributed by atoms with Crippen LogP contribution in [0.5, 0.6) is 0 Å². The quantitative estimate of drug-likeness (QED) is 0.312. The molecule has 3 aromatic carbocycles. The van der Waals surface area contributed by atoms with Crippen LogP contribution in [0.15, 0.2) is 79.1 Å². The number of thiazole rings is 1. The minimum absolute atomic E-state index is 0.0996. The van der Waals surface area contributed by atoms with Crippen molar-refractivity contribution in [1.29, 1.82) is 0 Å². The molecule has 0 saturated carbocycles. The predicted octanol–water partition coefficient (Wildman–Crippen LogP) is 6.65. The summed E-state index contributed by atoms with van der Waals surface area (Å²) in [6.07, 6.45) is 3.50. The number of aryl methyl sites for hydroxylation is 1. The van der Waals surface area contributed by atoms with Gasteiger partial charge in [-0.1, -0.05) is 59.3 Å². The van der Waals surface area contributed by atoms with E-state index in [9.17, 15) is 4.79 Å². The molecule has 0 radical (unpaired) electrons. The van der Waals surface area contributed by atoms with Crippen molar-refractivity contribution in [1.82, 2.24) is 9.97 Å². The van der Waals surface area contributed by atoms with Gasteiger partial charge in [-0.15, -0.1) is 0 Å². The standard InChI is InChI=1S/C25H18ClN3OS/c1-16-11-21(26)13-22-23(16)28-25(31-22)29(15-17-5-4-10-27-14-17)24(30)20-9-8-18-6-2-3-7-19(18)12-20/h2-14H,15H2,1H3. The van der Waals surface area contributed by atoms with E-state index < -0.39 is 0 Å². The van der Waals surface area contributed by atoms with Crippen LogP contribution in [0.3, 0.4) is 0 Å². The maximum atomic E-state index is 13.7. The molecule has 0 unspecified atom stereocenters. The van der Waals surface area contributed by atoms with Gasteiger partial charge in [-0.25, -0.2) is 4.98 Å². The maximum absolute atomic E-state index is 13.7. The summed E-state index contributed by atoms with van der Waals surface area (Å²) in [5.41, 5.74) is 3.42. The fourth-order valence-electron chi connectivity index (χ4n) is 3.64. The number of anilines is 1. The largest absolute Gasteiger partial charge is 0.279 e. The van der Waals surface area contributed by atoms with Gasteiger partial charge in [0.05, 0.1) is 16.8 Å². The van der Waals surface area contributed by atoms with Gasteiger partial charge >= 0.3 is 0 Å². The van der Waals surface area contributed by atoms with E-state index in [1.54, 1.807) is 17.3 Å². The van der Waals surface area contributed by atoms with Crippen LogP contribution in [0.25, 0.3) is 21.0 Å². The molecule has 2 heterocycles. The highest BCUT2D eigenvalue weighted by Gasteiger charge is 2.23. The molecule has 0 fully saturated rings. The Morgan fingerprint density at radius 1 is 1.03 bits per heavy atom. The molecule has 2 aromatic heterocycles. The van der Waals surface area contributed by atoms with Crippen molar-refractivity contribution in [2.45, 2.75) is 13.5 Å². The van der Waals surface area contributed by atoms with Crippen molar-refractivity contribution in [3.63, 3.8) is 0 Å². The van der Waals surface area contributed by atoms with E-state index in [0.29, 0.717) is 22.3 Å². The zero-order valence-corrected chi connectivity index (χ0v) is 18.3. The number of carbonyl (C=O) groups excluding carboxylic acids is 1. The lowest BCUT2D eigenvalue weighted by Crippen LogP contribution is -2.30. The van der Waals surface area contributed by atoms with Gasteiger partial charge in [0.2, 0.25) is 0 Å². The zero-order chi connectivity index (χ0) is 21.4. The van der Waals surface area contributed by atoms with E-state index in [2.05, 4.69) is 4.98 Å². The van der Waals surface area contributed by atoms with E-state index in [1.165, 1.54) is 11.3 Å². The number of benzene rings is 3. The number of fused-ring (bicyclic) bond motifs is 2. The van der Waals surface area contributed by atoms with Gasteiger partial charge in [0.1, 0.15) is 0 Å². The van der Waals surface area contributed by atoms with E-state index in [1.807, 2.05) is 73.7 Å². The van der Waals surface area contributed by atoms with Gasteiger partial charge in [0.25, 0.3) is 5.91 Å². The molecule has 0 aliphatic rings. The summed E-state index contributed by atoms with van der Waals surface area (Å²) in [6.45, 7) is 2.36. The summed E-state index contributed by atoms with van der Waals surface area (Å²) < 4.78 is 0.961. The van der Waals surface area contributed by atoms with Gasteiger partial charge in [-0.05, 0) is 59.2 Å². The van der Waals surface area contributed by atoms with Crippen LogP contribution in [0.4, 0.5) is 5.13 Å². The molecule has 5 rings (SSSR count). The Hall–Kier alpha value is -3.28. The van der Waals surface area contributed by atoms with Crippen LogP contribution in [0, 0.1) is 6.92 Å². The zero-order valence-electron chi connectivity index (χ0n) is 16.7. The van der Waals surface area contributed by atoms with E-state index in [-0.39, 0.29) is 5.91 Å². The summed E-state index contributed by atoms with van der Waals surface area (Å²) in [5, 5.41) is 3.44. The summed E-state index contributed by atoms with van der Waals surface area (Å²) in [4.78, 5) is 24.4. The number of aromatic nitrogens is 2. The Labute approximate surface area is 188 Å². The Bertz CT molecular complexity index is 1410. The normalized spacial score (nSPS) is 11.2. The van der Waals surface area contributed by atoms with Crippen LogP contribution in [-0.4, -0.2) is 15.9 Å². The van der Waals surface area contributed by atoms with Gasteiger partial charge in [-0.3, -0.25) is 14.7 Å². The fourth-order valence-corrected chi connectivity index (χ4v) is 5.05. The molecule has 0 bridgehead atoms. The third-order valence-electron chi connectivity index (χ3n) is 5.17. The second-order valence-electron chi connectivity index (χ2n) is 7.38. The number of hydrogen-bond donors (Lipinski definition) is 0. The van der Waals surface area contributed by atoms with Crippen LogP contribution in [-0.2, 0) is 6.54 Å². The van der Waals surface area contributed by atoms with Gasteiger partial charge in [0.15, 0.2) is 5.13 Å². The van der Waals surface area contributed by atoms with Crippen molar-refractivity contribution in [2.75, 3.05) is 4.90 Å². The first kappa shape index (κ1) is 19.7. The highest BCUT2D eigenvalue weighted by molar-refractivity contribution is 7.22. The first-order valence-corrected chi connectivity index (χ1v) is 11.0. The second kappa shape index (κ2) is 8.10. The average Bonchev–Trinajstić information content (AvgIpc) is 3.21. The molecule has 1 amide bonds. The topological polar surface area (TPSA) is 46.1 Å². The van der Waals surface area contributed by atoms with Crippen molar-refractivity contribution < 1.29 is 4.79 Å². The minimum Gasteiger partial charge on any atom is -0.279 e. The van der Waals surface area contributed by atoms with Crippen LogP contribution in [0.1, 0.15) is 21.5 Å². The third-order valence-corrected chi connectivity index (χ3v) is 6.42. The van der Waals surface area contributed by atoms with E-state index >= 15 is 0 Å². The molecule has 31 heavy (non-hydrogen) atoms. The number of amides is 1. The summed E-state index contributed by atoms with van der Waals surface area (Å²) in [7, 11) is 0. The molecule has 0 aliphatic heterocycles. The molecular weight excluding hydrogens is 426 g/mol. The SMILES string of the molecule is Cc1cc(Cl)cc2sc(N(Cc3cccnc3)C(=O)c3ccc4ccccc4c3)nc12. The fraction of sp³-hybridized carbons (Fsp3) is 0.0800. The summed E-state index contributed by atoms with van der Waals surface area (Å²) in [6, 6.07) is 21.4. The average molecular weight is 444 g/mol. The lowest BCUT2D eigenvalue weighted by molar-refractivity contribution is 0.0985. The Morgan fingerprint density at radius 3 is 2.68 bits per heavy atom. The van der Waals surface area contributed by atoms with Crippen molar-refractivity contribution >= 4 is 55.0 Å². The Morgan fingerprint density at radius 2 is 1.87 bits per heavy atom. The monoisotopic (exact) mass is 443 g/mol. The number of rotatable bonds is 4. The van der Waals surface area contributed by atoms with E-state index in [0.717, 1.165) is 32.1 Å². The highest BCUT2D eigenvalue weighted by Crippen LogP contribution is 2.34. The van der Waals surface area contributed by atoms with Crippen molar-refractivity contribution in [3.8, 4) is 0 Å².